The number of likely N-dealkylation sites (tertiary alicyclic amines) is 1. The average molecular weight is 252 g/mol. The van der Waals surface area contributed by atoms with Gasteiger partial charge >= 0.3 is 0 Å². The van der Waals surface area contributed by atoms with Gasteiger partial charge in [-0.2, -0.15) is 0 Å². The molecule has 0 spiro atoms. The lowest BCUT2D eigenvalue weighted by molar-refractivity contribution is 0.0393. The quantitative estimate of drug-likeness (QED) is 0.767. The maximum absolute atomic E-state index is 9.95. The van der Waals surface area contributed by atoms with E-state index in [1.54, 1.807) is 0 Å². The second kappa shape index (κ2) is 6.92. The van der Waals surface area contributed by atoms with Crippen LogP contribution in [0.3, 0.4) is 0 Å². The molecule has 0 amide bonds. The normalized spacial score (nSPS) is 23.8. The number of allylic oxidation sites excluding steroid dienone is 3. The minimum absolute atomic E-state index is 0.340. The number of aliphatic hydroxyl groups is 1. The highest BCUT2D eigenvalue weighted by Gasteiger charge is 2.18. The first kappa shape index (κ1) is 13.6. The van der Waals surface area contributed by atoms with Crippen molar-refractivity contribution < 1.29 is 9.84 Å². The van der Waals surface area contributed by atoms with E-state index in [1.165, 1.54) is 0 Å². The molecule has 1 fully saturated rings. The molecule has 1 aliphatic heterocycles. The lowest BCUT2D eigenvalue weighted by Crippen LogP contribution is -2.43. The van der Waals surface area contributed by atoms with Crippen molar-refractivity contribution in [2.75, 3.05) is 26.2 Å². The second-order valence-corrected chi connectivity index (χ2v) is 5.19. The van der Waals surface area contributed by atoms with Crippen LogP contribution in [0.4, 0.5) is 0 Å². The summed E-state index contributed by atoms with van der Waals surface area (Å²) in [6.45, 7) is 3.03. The molecule has 1 unspecified atom stereocenters. The van der Waals surface area contributed by atoms with Crippen LogP contribution >= 0.6 is 0 Å². The highest BCUT2D eigenvalue weighted by atomic mass is 16.5. The number of hydrogen-bond donors (Lipinski definition) is 2. The smallest absolute Gasteiger partial charge is 0.115 e. The van der Waals surface area contributed by atoms with Crippen molar-refractivity contribution in [3.05, 3.63) is 24.0 Å². The van der Waals surface area contributed by atoms with E-state index >= 15 is 0 Å². The molecule has 2 aliphatic rings. The topological polar surface area (TPSA) is 58.7 Å². The Bertz CT molecular complexity index is 307. The Morgan fingerprint density at radius 3 is 2.83 bits per heavy atom. The molecule has 1 heterocycles. The molecule has 2 rings (SSSR count). The summed E-state index contributed by atoms with van der Waals surface area (Å²) in [6, 6.07) is 0.340. The van der Waals surface area contributed by atoms with Gasteiger partial charge in [0.2, 0.25) is 0 Å². The van der Waals surface area contributed by atoms with Crippen molar-refractivity contribution in [3.8, 4) is 0 Å². The molecule has 0 saturated carbocycles. The van der Waals surface area contributed by atoms with Crippen molar-refractivity contribution in [1.82, 2.24) is 4.90 Å². The van der Waals surface area contributed by atoms with Gasteiger partial charge in [-0.05, 0) is 50.9 Å². The van der Waals surface area contributed by atoms with Crippen molar-refractivity contribution in [2.45, 2.75) is 37.8 Å². The van der Waals surface area contributed by atoms with E-state index in [0.717, 1.165) is 44.5 Å². The maximum Gasteiger partial charge on any atom is 0.115 e. The molecule has 1 atom stereocenters. The van der Waals surface area contributed by atoms with Gasteiger partial charge in [-0.3, -0.25) is 0 Å². The fourth-order valence-corrected chi connectivity index (χ4v) is 2.38. The summed E-state index contributed by atoms with van der Waals surface area (Å²) < 4.78 is 5.58. The molecule has 0 aromatic carbocycles. The molecule has 0 aromatic rings. The largest absolute Gasteiger partial charge is 0.491 e. The van der Waals surface area contributed by atoms with Crippen LogP contribution in [-0.2, 0) is 4.74 Å². The van der Waals surface area contributed by atoms with E-state index < -0.39 is 6.10 Å². The fourth-order valence-electron chi connectivity index (χ4n) is 2.38. The second-order valence-electron chi connectivity index (χ2n) is 5.19. The van der Waals surface area contributed by atoms with E-state index in [0.29, 0.717) is 19.2 Å². The number of ether oxygens (including phenoxy) is 1. The van der Waals surface area contributed by atoms with Crippen LogP contribution in [0, 0.1) is 0 Å². The third-order valence-corrected chi connectivity index (χ3v) is 3.50. The van der Waals surface area contributed by atoms with Crippen LogP contribution in [0.1, 0.15) is 25.7 Å². The third kappa shape index (κ3) is 4.44. The molecule has 4 nitrogen and oxygen atoms in total. The van der Waals surface area contributed by atoms with Crippen LogP contribution < -0.4 is 5.73 Å². The van der Waals surface area contributed by atoms with Crippen LogP contribution in [0.5, 0.6) is 0 Å². The van der Waals surface area contributed by atoms with Gasteiger partial charge in [-0.15, -0.1) is 0 Å². The predicted octanol–water partition coefficient (Wildman–Crippen LogP) is 1.02. The Morgan fingerprint density at radius 2 is 2.17 bits per heavy atom. The molecular weight excluding hydrogens is 228 g/mol. The van der Waals surface area contributed by atoms with Gasteiger partial charge < -0.3 is 20.5 Å². The van der Waals surface area contributed by atoms with Crippen molar-refractivity contribution in [1.29, 1.82) is 0 Å². The van der Waals surface area contributed by atoms with Gasteiger partial charge in [0, 0.05) is 12.6 Å². The highest BCUT2D eigenvalue weighted by Crippen LogP contribution is 2.12. The zero-order chi connectivity index (χ0) is 12.8. The Morgan fingerprint density at radius 1 is 1.39 bits per heavy atom. The predicted molar refractivity (Wildman–Crippen MR) is 72.1 cm³/mol. The first-order valence-electron chi connectivity index (χ1n) is 6.89. The first-order valence-corrected chi connectivity index (χ1v) is 6.89. The van der Waals surface area contributed by atoms with Crippen LogP contribution in [0.15, 0.2) is 24.0 Å². The summed E-state index contributed by atoms with van der Waals surface area (Å²) >= 11 is 0. The Kier molecular flexibility index (Phi) is 5.23. The number of β-amino-alcohol motifs (C(OH)–C–C–N with tert-alkyl or cyclic N) is 1. The lowest BCUT2D eigenvalue weighted by atomic mass is 10.1. The number of nitrogens with two attached hydrogens (primary N) is 1. The van der Waals surface area contributed by atoms with Crippen LogP contribution in [0.2, 0.25) is 0 Å². The minimum Gasteiger partial charge on any atom is -0.491 e. The molecular formula is C14H24N2O2. The standard InChI is InChI=1S/C14H24N2O2/c15-12-6-8-16(9-7-12)10-13(17)11-18-14-4-2-1-3-5-14/h2,4-5,12-13,17H,1,3,6-11,15H2. The SMILES string of the molecule is NC1CCN(CC(O)COC2=CCCC=C2)CC1. The third-order valence-electron chi connectivity index (χ3n) is 3.50. The number of piperidine rings is 1. The molecule has 3 N–H and O–H groups in total. The Balaban J connectivity index is 1.64. The van der Waals surface area contributed by atoms with Gasteiger partial charge in [0.15, 0.2) is 0 Å². The van der Waals surface area contributed by atoms with E-state index in [-0.39, 0.29) is 0 Å². The van der Waals surface area contributed by atoms with Gasteiger partial charge in [0.05, 0.1) is 0 Å². The maximum atomic E-state index is 9.95. The summed E-state index contributed by atoms with van der Waals surface area (Å²) in [5, 5.41) is 9.95. The molecule has 1 saturated heterocycles. The van der Waals surface area contributed by atoms with Crippen molar-refractivity contribution in [2.24, 2.45) is 5.73 Å². The summed E-state index contributed by atoms with van der Waals surface area (Å²) in [6.07, 6.45) is 9.92. The summed E-state index contributed by atoms with van der Waals surface area (Å²) in [5.74, 6) is 0.890. The van der Waals surface area contributed by atoms with Gasteiger partial charge in [-0.25, -0.2) is 0 Å². The Hall–Kier alpha value is -0.840. The zero-order valence-corrected chi connectivity index (χ0v) is 10.9. The average Bonchev–Trinajstić information content (AvgIpc) is 2.40. The summed E-state index contributed by atoms with van der Waals surface area (Å²) in [5.41, 5.74) is 5.86. The van der Waals surface area contributed by atoms with Crippen LogP contribution in [-0.4, -0.2) is 48.4 Å². The molecule has 0 bridgehead atoms. The molecule has 0 radical (unpaired) electrons. The highest BCUT2D eigenvalue weighted by molar-refractivity contribution is 5.15. The monoisotopic (exact) mass is 252 g/mol. The van der Waals surface area contributed by atoms with E-state index in [4.69, 9.17) is 10.5 Å². The van der Waals surface area contributed by atoms with E-state index in [2.05, 4.69) is 17.1 Å². The van der Waals surface area contributed by atoms with Crippen molar-refractivity contribution in [3.63, 3.8) is 0 Å². The number of aliphatic hydroxyl groups excluding tert-OH is 1. The number of rotatable bonds is 5. The summed E-state index contributed by atoms with van der Waals surface area (Å²) in [4.78, 5) is 2.27. The van der Waals surface area contributed by atoms with Crippen molar-refractivity contribution >= 4 is 0 Å². The van der Waals surface area contributed by atoms with E-state index in [9.17, 15) is 5.11 Å². The van der Waals surface area contributed by atoms with Gasteiger partial charge in [-0.1, -0.05) is 6.08 Å². The van der Waals surface area contributed by atoms with Gasteiger partial charge in [0.25, 0.3) is 0 Å². The molecule has 102 valence electrons. The summed E-state index contributed by atoms with van der Waals surface area (Å²) in [7, 11) is 0. The first-order chi connectivity index (χ1) is 8.74. The van der Waals surface area contributed by atoms with E-state index in [1.807, 2.05) is 6.08 Å². The van der Waals surface area contributed by atoms with Gasteiger partial charge in [0.1, 0.15) is 18.5 Å². The van der Waals surface area contributed by atoms with Crippen LogP contribution in [0.25, 0.3) is 0 Å². The lowest BCUT2D eigenvalue weighted by Gasteiger charge is -2.31. The molecule has 18 heavy (non-hydrogen) atoms. The molecule has 4 heteroatoms. The number of hydrogen-bond acceptors (Lipinski definition) is 4. The number of nitrogens with zero attached hydrogens (tertiary/aromatic N) is 1. The molecule has 1 aliphatic carbocycles. The molecule has 0 aromatic heterocycles. The minimum atomic E-state index is -0.421. The fraction of sp³-hybridized carbons (Fsp3) is 0.714. The Labute approximate surface area is 109 Å². The zero-order valence-electron chi connectivity index (χ0n) is 10.9.